The van der Waals surface area contributed by atoms with Crippen molar-refractivity contribution in [3.8, 4) is 0 Å². The summed E-state index contributed by atoms with van der Waals surface area (Å²) in [6.07, 6.45) is 2.70. The molecule has 0 spiro atoms. The molecule has 1 aromatic carbocycles. The molecule has 1 aliphatic rings. The molecule has 5 heteroatoms. The van der Waals surface area contributed by atoms with Gasteiger partial charge in [0.05, 0.1) is 6.54 Å². The van der Waals surface area contributed by atoms with Gasteiger partial charge in [-0.1, -0.05) is 19.1 Å². The molecule has 1 amide bonds. The third kappa shape index (κ3) is 4.48. The number of nitrogens with one attached hydrogen (secondary N) is 2. The Kier molecular flexibility index (Phi) is 6.25. The first-order valence-electron chi connectivity index (χ1n) is 8.16. The number of carbonyl (C=O) groups excluding carboxylic acids is 1. The molecular formula is C17H26N4O. The van der Waals surface area contributed by atoms with E-state index >= 15 is 0 Å². The Hall–Kier alpha value is -2.04. The number of rotatable bonds is 6. The first-order chi connectivity index (χ1) is 10.7. The summed E-state index contributed by atoms with van der Waals surface area (Å²) in [5.74, 6) is 1.08. The molecule has 2 N–H and O–H groups in total. The molecule has 1 heterocycles. The maximum Gasteiger partial charge on any atom is 0.227 e. The lowest BCUT2D eigenvalue weighted by atomic mass is 10.2. The smallest absolute Gasteiger partial charge is 0.227 e. The average molecular weight is 302 g/mol. The summed E-state index contributed by atoms with van der Waals surface area (Å²) in [6, 6.07) is 8.13. The monoisotopic (exact) mass is 302 g/mol. The fourth-order valence-electron chi connectivity index (χ4n) is 2.46. The van der Waals surface area contributed by atoms with Crippen LogP contribution in [0.25, 0.3) is 0 Å². The average Bonchev–Trinajstić information content (AvgIpc) is 2.97. The van der Waals surface area contributed by atoms with Crippen molar-refractivity contribution in [1.29, 1.82) is 0 Å². The molecule has 0 radical (unpaired) electrons. The molecule has 5 nitrogen and oxygen atoms in total. The van der Waals surface area contributed by atoms with Crippen LogP contribution in [0, 0.1) is 0 Å². The van der Waals surface area contributed by atoms with E-state index in [1.54, 1.807) is 0 Å². The molecule has 0 unspecified atom stereocenters. The quantitative estimate of drug-likeness (QED) is 0.626. The fraction of sp³-hybridized carbons (Fsp3) is 0.529. The highest BCUT2D eigenvalue weighted by molar-refractivity contribution is 5.95. The molecule has 1 saturated heterocycles. The first kappa shape index (κ1) is 16.3. The van der Waals surface area contributed by atoms with Crippen LogP contribution in [0.1, 0.15) is 38.7 Å². The first-order valence-corrected chi connectivity index (χ1v) is 8.16. The Labute approximate surface area is 132 Å². The van der Waals surface area contributed by atoms with Crippen LogP contribution >= 0.6 is 0 Å². The second kappa shape index (κ2) is 8.41. The van der Waals surface area contributed by atoms with Gasteiger partial charge in [0.2, 0.25) is 5.91 Å². The topological polar surface area (TPSA) is 56.7 Å². The summed E-state index contributed by atoms with van der Waals surface area (Å²) >= 11 is 0. The SMILES string of the molecule is CCCNC(=NCc1ccc(N2CCCC2=O)cc1)NCC. The second-order valence-electron chi connectivity index (χ2n) is 5.44. The standard InChI is InChI=1S/C17H26N4O/c1-3-11-19-17(18-4-2)20-13-14-7-9-15(10-8-14)21-12-5-6-16(21)22/h7-10H,3-6,11-13H2,1-2H3,(H2,18,19,20). The Morgan fingerprint density at radius 1 is 1.23 bits per heavy atom. The molecular weight excluding hydrogens is 276 g/mol. The van der Waals surface area contributed by atoms with Crippen LogP contribution in [-0.4, -0.2) is 31.5 Å². The second-order valence-corrected chi connectivity index (χ2v) is 5.44. The van der Waals surface area contributed by atoms with Crippen LogP contribution in [0.4, 0.5) is 5.69 Å². The highest BCUT2D eigenvalue weighted by atomic mass is 16.2. The van der Waals surface area contributed by atoms with Gasteiger partial charge in [-0.2, -0.15) is 0 Å². The van der Waals surface area contributed by atoms with Crippen LogP contribution in [0.15, 0.2) is 29.3 Å². The van der Waals surface area contributed by atoms with Gasteiger partial charge in [0.15, 0.2) is 5.96 Å². The van der Waals surface area contributed by atoms with Gasteiger partial charge in [0.25, 0.3) is 0 Å². The maximum absolute atomic E-state index is 11.7. The molecule has 1 fully saturated rings. The summed E-state index contributed by atoms with van der Waals surface area (Å²) in [4.78, 5) is 18.2. The van der Waals surface area contributed by atoms with Crippen molar-refractivity contribution in [2.75, 3.05) is 24.5 Å². The van der Waals surface area contributed by atoms with Crippen molar-refractivity contribution in [2.45, 2.75) is 39.7 Å². The van der Waals surface area contributed by atoms with Gasteiger partial charge in [-0.3, -0.25) is 4.79 Å². The van der Waals surface area contributed by atoms with Crippen molar-refractivity contribution < 1.29 is 4.79 Å². The van der Waals surface area contributed by atoms with Crippen LogP contribution in [0.2, 0.25) is 0 Å². The summed E-state index contributed by atoms with van der Waals surface area (Å²) in [7, 11) is 0. The number of hydrogen-bond donors (Lipinski definition) is 2. The lowest BCUT2D eigenvalue weighted by Crippen LogP contribution is -2.37. The number of guanidine groups is 1. The molecule has 0 aliphatic carbocycles. The largest absolute Gasteiger partial charge is 0.357 e. The molecule has 2 rings (SSSR count). The van der Waals surface area contributed by atoms with Gasteiger partial charge in [0.1, 0.15) is 0 Å². The van der Waals surface area contributed by atoms with E-state index in [4.69, 9.17) is 0 Å². The minimum Gasteiger partial charge on any atom is -0.357 e. The predicted octanol–water partition coefficient (Wildman–Crippen LogP) is 2.28. The fourth-order valence-corrected chi connectivity index (χ4v) is 2.46. The van der Waals surface area contributed by atoms with E-state index in [2.05, 4.69) is 29.5 Å². The number of nitrogens with zero attached hydrogens (tertiary/aromatic N) is 2. The number of benzene rings is 1. The summed E-state index contributed by atoms with van der Waals surface area (Å²) in [6.45, 7) is 7.43. The van der Waals surface area contributed by atoms with Gasteiger partial charge < -0.3 is 15.5 Å². The highest BCUT2D eigenvalue weighted by Gasteiger charge is 2.21. The van der Waals surface area contributed by atoms with Crippen LogP contribution < -0.4 is 15.5 Å². The number of aliphatic imine (C=N–C) groups is 1. The highest BCUT2D eigenvalue weighted by Crippen LogP contribution is 2.21. The third-order valence-corrected chi connectivity index (χ3v) is 3.63. The van der Waals surface area contributed by atoms with E-state index in [9.17, 15) is 4.79 Å². The zero-order valence-corrected chi connectivity index (χ0v) is 13.6. The Morgan fingerprint density at radius 2 is 2.00 bits per heavy atom. The van der Waals surface area contributed by atoms with E-state index in [1.807, 2.05) is 29.2 Å². The van der Waals surface area contributed by atoms with Crippen LogP contribution in [-0.2, 0) is 11.3 Å². The summed E-state index contributed by atoms with van der Waals surface area (Å²) in [5.41, 5.74) is 2.13. The number of amides is 1. The van der Waals surface area contributed by atoms with Crippen molar-refractivity contribution in [3.63, 3.8) is 0 Å². The van der Waals surface area contributed by atoms with E-state index < -0.39 is 0 Å². The van der Waals surface area contributed by atoms with Gasteiger partial charge in [-0.05, 0) is 37.5 Å². The van der Waals surface area contributed by atoms with E-state index in [0.717, 1.165) is 49.7 Å². The zero-order chi connectivity index (χ0) is 15.8. The van der Waals surface area contributed by atoms with Gasteiger partial charge in [-0.25, -0.2) is 4.99 Å². The van der Waals surface area contributed by atoms with Gasteiger partial charge in [-0.15, -0.1) is 0 Å². The minimum atomic E-state index is 0.226. The van der Waals surface area contributed by atoms with Crippen molar-refractivity contribution in [3.05, 3.63) is 29.8 Å². The van der Waals surface area contributed by atoms with Crippen LogP contribution in [0.3, 0.4) is 0 Å². The van der Waals surface area contributed by atoms with Gasteiger partial charge in [0, 0.05) is 31.7 Å². The summed E-state index contributed by atoms with van der Waals surface area (Å²) in [5, 5.41) is 6.52. The van der Waals surface area contributed by atoms with Crippen molar-refractivity contribution in [2.24, 2.45) is 4.99 Å². The molecule has 0 bridgehead atoms. The molecule has 1 aliphatic heterocycles. The molecule has 22 heavy (non-hydrogen) atoms. The van der Waals surface area contributed by atoms with Gasteiger partial charge >= 0.3 is 0 Å². The molecule has 0 atom stereocenters. The van der Waals surface area contributed by atoms with E-state index in [0.29, 0.717) is 13.0 Å². The Bertz CT molecular complexity index is 510. The number of carbonyl (C=O) groups is 1. The Morgan fingerprint density at radius 3 is 2.59 bits per heavy atom. The number of anilines is 1. The normalized spacial score (nSPS) is 15.3. The van der Waals surface area contributed by atoms with E-state index in [-0.39, 0.29) is 5.91 Å². The van der Waals surface area contributed by atoms with E-state index in [1.165, 1.54) is 0 Å². The van der Waals surface area contributed by atoms with Crippen molar-refractivity contribution >= 4 is 17.6 Å². The lowest BCUT2D eigenvalue weighted by Gasteiger charge is -2.15. The maximum atomic E-state index is 11.7. The predicted molar refractivity (Wildman–Crippen MR) is 91.1 cm³/mol. The summed E-state index contributed by atoms with van der Waals surface area (Å²) < 4.78 is 0. The van der Waals surface area contributed by atoms with Crippen molar-refractivity contribution in [1.82, 2.24) is 10.6 Å². The molecule has 120 valence electrons. The molecule has 0 saturated carbocycles. The number of hydrogen-bond acceptors (Lipinski definition) is 2. The lowest BCUT2D eigenvalue weighted by molar-refractivity contribution is -0.117. The van der Waals surface area contributed by atoms with Crippen LogP contribution in [0.5, 0.6) is 0 Å². The minimum absolute atomic E-state index is 0.226. The molecule has 0 aromatic heterocycles. The third-order valence-electron chi connectivity index (χ3n) is 3.63. The Balaban J connectivity index is 1.96. The zero-order valence-electron chi connectivity index (χ0n) is 13.6. The molecule has 1 aromatic rings.